The van der Waals surface area contributed by atoms with E-state index in [1.807, 2.05) is 0 Å². The quantitative estimate of drug-likeness (QED) is 0.837. The fourth-order valence-electron chi connectivity index (χ4n) is 3.89. The average Bonchev–Trinajstić information content (AvgIpc) is 2.60. The van der Waals surface area contributed by atoms with E-state index >= 15 is 0 Å². The van der Waals surface area contributed by atoms with Crippen molar-refractivity contribution in [2.75, 3.05) is 26.2 Å². The normalized spacial score (nSPS) is 38.8. The van der Waals surface area contributed by atoms with Crippen LogP contribution in [0.25, 0.3) is 0 Å². The van der Waals surface area contributed by atoms with Gasteiger partial charge >= 0.3 is 0 Å². The topological polar surface area (TPSA) is 38.5 Å². The van der Waals surface area contributed by atoms with Gasteiger partial charge in [-0.25, -0.2) is 0 Å². The standard InChI is InChI=1S/C15H30N2O/c1-3-5-14-6-4-9-17(10-7-14)15(12-16)8-11-18-13(15)2/h13-14H,3-12,16H2,1-2H3. The van der Waals surface area contributed by atoms with Crippen molar-refractivity contribution in [1.82, 2.24) is 4.90 Å². The molecule has 2 saturated heterocycles. The van der Waals surface area contributed by atoms with Crippen LogP contribution in [0.2, 0.25) is 0 Å². The minimum absolute atomic E-state index is 0.126. The Morgan fingerprint density at radius 1 is 1.33 bits per heavy atom. The third-order valence-corrected chi connectivity index (χ3v) is 5.19. The lowest BCUT2D eigenvalue weighted by molar-refractivity contribution is 0.0155. The van der Waals surface area contributed by atoms with E-state index in [0.717, 1.165) is 25.5 Å². The first kappa shape index (κ1) is 14.3. The van der Waals surface area contributed by atoms with Crippen LogP contribution in [0.3, 0.4) is 0 Å². The molecule has 2 heterocycles. The molecule has 2 rings (SSSR count). The Balaban J connectivity index is 2.00. The molecule has 3 atom stereocenters. The van der Waals surface area contributed by atoms with Crippen molar-refractivity contribution in [1.29, 1.82) is 0 Å². The maximum atomic E-state index is 6.11. The molecule has 2 fully saturated rings. The molecule has 0 bridgehead atoms. The molecule has 2 N–H and O–H groups in total. The number of nitrogens with zero attached hydrogens (tertiary/aromatic N) is 1. The molecule has 3 unspecified atom stereocenters. The Morgan fingerprint density at radius 3 is 2.78 bits per heavy atom. The van der Waals surface area contributed by atoms with Crippen LogP contribution in [0.1, 0.15) is 52.4 Å². The van der Waals surface area contributed by atoms with Gasteiger partial charge < -0.3 is 10.5 Å². The zero-order valence-electron chi connectivity index (χ0n) is 12.2. The molecule has 2 aliphatic heterocycles. The maximum absolute atomic E-state index is 6.11. The molecule has 0 aromatic heterocycles. The maximum Gasteiger partial charge on any atom is 0.0743 e. The summed E-state index contributed by atoms with van der Waals surface area (Å²) in [5.41, 5.74) is 6.24. The van der Waals surface area contributed by atoms with Crippen molar-refractivity contribution in [3.8, 4) is 0 Å². The van der Waals surface area contributed by atoms with Crippen molar-refractivity contribution in [2.45, 2.75) is 64.0 Å². The average molecular weight is 254 g/mol. The van der Waals surface area contributed by atoms with Gasteiger partial charge in [-0.2, -0.15) is 0 Å². The Bertz CT molecular complexity index is 259. The molecule has 106 valence electrons. The van der Waals surface area contributed by atoms with Crippen molar-refractivity contribution in [3.63, 3.8) is 0 Å². The number of ether oxygens (including phenoxy) is 1. The smallest absolute Gasteiger partial charge is 0.0743 e. The van der Waals surface area contributed by atoms with E-state index in [1.165, 1.54) is 45.2 Å². The molecule has 0 amide bonds. The predicted molar refractivity (Wildman–Crippen MR) is 75.6 cm³/mol. The highest BCUT2D eigenvalue weighted by Crippen LogP contribution is 2.34. The lowest BCUT2D eigenvalue weighted by Gasteiger charge is -2.42. The summed E-state index contributed by atoms with van der Waals surface area (Å²) in [6.45, 7) is 8.56. The molecule has 3 nitrogen and oxygen atoms in total. The second kappa shape index (κ2) is 6.36. The molecule has 0 aromatic carbocycles. The molecule has 18 heavy (non-hydrogen) atoms. The van der Waals surface area contributed by atoms with Crippen molar-refractivity contribution in [3.05, 3.63) is 0 Å². The number of likely N-dealkylation sites (tertiary alicyclic amines) is 1. The molecule has 0 aromatic rings. The Hall–Kier alpha value is -0.120. The number of hydrogen-bond donors (Lipinski definition) is 1. The van der Waals surface area contributed by atoms with Gasteiger partial charge in [0.05, 0.1) is 11.6 Å². The highest BCUT2D eigenvalue weighted by Gasteiger charge is 2.45. The van der Waals surface area contributed by atoms with Gasteiger partial charge in [0.25, 0.3) is 0 Å². The number of rotatable bonds is 4. The summed E-state index contributed by atoms with van der Waals surface area (Å²) in [5, 5.41) is 0. The molecule has 2 aliphatic rings. The summed E-state index contributed by atoms with van der Waals surface area (Å²) in [4.78, 5) is 2.65. The van der Waals surface area contributed by atoms with Gasteiger partial charge in [-0.15, -0.1) is 0 Å². The Kier molecular flexibility index (Phi) is 5.05. The summed E-state index contributed by atoms with van der Waals surface area (Å²) in [6.07, 6.45) is 8.22. The summed E-state index contributed by atoms with van der Waals surface area (Å²) in [5.74, 6) is 0.937. The second-order valence-corrected chi connectivity index (χ2v) is 6.14. The molecule has 0 radical (unpaired) electrons. The highest BCUT2D eigenvalue weighted by atomic mass is 16.5. The van der Waals surface area contributed by atoms with Crippen LogP contribution in [-0.4, -0.2) is 42.8 Å². The van der Waals surface area contributed by atoms with Crippen LogP contribution in [0, 0.1) is 5.92 Å². The molecular formula is C15H30N2O. The Labute approximate surface area is 112 Å². The van der Waals surface area contributed by atoms with E-state index in [4.69, 9.17) is 10.5 Å². The zero-order chi connectivity index (χ0) is 13.0. The molecule has 0 saturated carbocycles. The minimum atomic E-state index is 0.126. The molecule has 0 spiro atoms. The van der Waals surface area contributed by atoms with E-state index in [1.54, 1.807) is 0 Å². The van der Waals surface area contributed by atoms with Crippen LogP contribution in [0.5, 0.6) is 0 Å². The van der Waals surface area contributed by atoms with Gasteiger partial charge in [-0.3, -0.25) is 4.90 Å². The molecular weight excluding hydrogens is 224 g/mol. The first-order valence-corrected chi connectivity index (χ1v) is 7.79. The van der Waals surface area contributed by atoms with E-state index in [9.17, 15) is 0 Å². The van der Waals surface area contributed by atoms with Crippen molar-refractivity contribution < 1.29 is 4.74 Å². The van der Waals surface area contributed by atoms with E-state index in [2.05, 4.69) is 18.7 Å². The van der Waals surface area contributed by atoms with Gasteiger partial charge in [0.2, 0.25) is 0 Å². The van der Waals surface area contributed by atoms with E-state index in [0.29, 0.717) is 6.10 Å². The summed E-state index contributed by atoms with van der Waals surface area (Å²) < 4.78 is 5.81. The SMILES string of the molecule is CCCC1CCCN(C2(CN)CCOC2C)CC1. The van der Waals surface area contributed by atoms with Gasteiger partial charge in [0, 0.05) is 13.2 Å². The monoisotopic (exact) mass is 254 g/mol. The van der Waals surface area contributed by atoms with Gasteiger partial charge in [0.15, 0.2) is 0 Å². The highest BCUT2D eigenvalue weighted by molar-refractivity contribution is 5.01. The largest absolute Gasteiger partial charge is 0.376 e. The van der Waals surface area contributed by atoms with E-state index < -0.39 is 0 Å². The van der Waals surface area contributed by atoms with Crippen molar-refractivity contribution >= 4 is 0 Å². The van der Waals surface area contributed by atoms with Gasteiger partial charge in [-0.05, 0) is 51.6 Å². The van der Waals surface area contributed by atoms with Gasteiger partial charge in [0.1, 0.15) is 0 Å². The van der Waals surface area contributed by atoms with Crippen LogP contribution >= 0.6 is 0 Å². The van der Waals surface area contributed by atoms with Crippen LogP contribution in [-0.2, 0) is 4.74 Å². The van der Waals surface area contributed by atoms with Crippen molar-refractivity contribution in [2.24, 2.45) is 11.7 Å². The first-order chi connectivity index (χ1) is 8.73. The second-order valence-electron chi connectivity index (χ2n) is 6.14. The van der Waals surface area contributed by atoms with Gasteiger partial charge in [-0.1, -0.05) is 19.8 Å². The summed E-state index contributed by atoms with van der Waals surface area (Å²) >= 11 is 0. The number of hydrogen-bond acceptors (Lipinski definition) is 3. The van der Waals surface area contributed by atoms with Crippen LogP contribution < -0.4 is 5.73 Å². The lowest BCUT2D eigenvalue weighted by atomic mass is 9.89. The molecule has 3 heteroatoms. The first-order valence-electron chi connectivity index (χ1n) is 7.79. The summed E-state index contributed by atoms with van der Waals surface area (Å²) in [7, 11) is 0. The summed E-state index contributed by atoms with van der Waals surface area (Å²) in [6, 6.07) is 0. The lowest BCUT2D eigenvalue weighted by Crippen LogP contribution is -2.58. The fraction of sp³-hybridized carbons (Fsp3) is 1.00. The Morgan fingerprint density at radius 2 is 2.17 bits per heavy atom. The third-order valence-electron chi connectivity index (χ3n) is 5.19. The van der Waals surface area contributed by atoms with Crippen LogP contribution in [0.4, 0.5) is 0 Å². The third kappa shape index (κ3) is 2.73. The zero-order valence-corrected chi connectivity index (χ0v) is 12.2. The fourth-order valence-corrected chi connectivity index (χ4v) is 3.89. The van der Waals surface area contributed by atoms with Crippen LogP contribution in [0.15, 0.2) is 0 Å². The molecule has 0 aliphatic carbocycles. The predicted octanol–water partition coefficient (Wildman–Crippen LogP) is 2.39. The minimum Gasteiger partial charge on any atom is -0.376 e. The van der Waals surface area contributed by atoms with E-state index in [-0.39, 0.29) is 5.54 Å². The number of nitrogens with two attached hydrogens (primary N) is 1.